The van der Waals surface area contributed by atoms with Gasteiger partial charge in [-0.05, 0) is 61.6 Å². The zero-order chi connectivity index (χ0) is 19.6. The Kier molecular flexibility index (Phi) is 5.51. The van der Waals surface area contributed by atoms with Gasteiger partial charge >= 0.3 is 0 Å². The van der Waals surface area contributed by atoms with Gasteiger partial charge in [-0.15, -0.1) is 0 Å². The summed E-state index contributed by atoms with van der Waals surface area (Å²) in [5.41, 5.74) is 1.77. The first-order valence-corrected chi connectivity index (χ1v) is 10.4. The Balaban J connectivity index is 1.54. The van der Waals surface area contributed by atoms with E-state index in [1.807, 2.05) is 48.5 Å². The van der Waals surface area contributed by atoms with Crippen LogP contribution in [0.15, 0.2) is 53.0 Å². The van der Waals surface area contributed by atoms with Crippen LogP contribution < -0.4 is 10.6 Å². The minimum atomic E-state index is -0.619. The van der Waals surface area contributed by atoms with Crippen molar-refractivity contribution in [2.75, 3.05) is 23.8 Å². The molecule has 1 saturated carbocycles. The summed E-state index contributed by atoms with van der Waals surface area (Å²) < 4.78 is 6.51. The molecule has 4 rings (SSSR count). The molecule has 0 spiro atoms. The normalized spacial score (nSPS) is 18.3. The predicted octanol–water partition coefficient (Wildman–Crippen LogP) is 4.48. The number of amides is 2. The maximum atomic E-state index is 13.4. The van der Waals surface area contributed by atoms with Crippen LogP contribution in [0.4, 0.5) is 11.4 Å². The molecule has 2 aromatic carbocycles. The van der Waals surface area contributed by atoms with Crippen LogP contribution in [0.2, 0.25) is 0 Å². The molecule has 1 aliphatic carbocycles. The van der Waals surface area contributed by atoms with E-state index in [0.717, 1.165) is 22.9 Å². The zero-order valence-corrected chi connectivity index (χ0v) is 17.1. The largest absolute Gasteiger partial charge is 0.381 e. The number of benzene rings is 2. The van der Waals surface area contributed by atoms with Gasteiger partial charge in [-0.25, -0.2) is 0 Å². The fourth-order valence-electron chi connectivity index (χ4n) is 3.65. The first kappa shape index (κ1) is 19.2. The summed E-state index contributed by atoms with van der Waals surface area (Å²) in [4.78, 5) is 25.4. The molecule has 28 heavy (non-hydrogen) atoms. The van der Waals surface area contributed by atoms with Crippen molar-refractivity contribution in [3.05, 3.63) is 58.6 Å². The molecule has 2 amide bonds. The highest BCUT2D eigenvalue weighted by Gasteiger charge is 2.41. The number of carbonyl (C=O) groups is 2. The Morgan fingerprint density at radius 2 is 1.61 bits per heavy atom. The summed E-state index contributed by atoms with van der Waals surface area (Å²) in [7, 11) is 0. The first-order chi connectivity index (χ1) is 13.6. The van der Waals surface area contributed by atoms with Crippen molar-refractivity contribution in [1.29, 1.82) is 0 Å². The minimum Gasteiger partial charge on any atom is -0.381 e. The molecule has 1 heterocycles. The van der Waals surface area contributed by atoms with Gasteiger partial charge in [0.15, 0.2) is 0 Å². The molecule has 1 aliphatic heterocycles. The van der Waals surface area contributed by atoms with E-state index in [1.54, 1.807) is 0 Å². The maximum Gasteiger partial charge on any atom is 0.235 e. The third-order valence-electron chi connectivity index (χ3n) is 5.51. The van der Waals surface area contributed by atoms with Crippen molar-refractivity contribution in [2.24, 2.45) is 5.92 Å². The number of nitrogens with one attached hydrogen (secondary N) is 2. The molecular weight excluding hydrogens is 420 g/mol. The minimum absolute atomic E-state index is 0.0382. The van der Waals surface area contributed by atoms with Gasteiger partial charge in [-0.3, -0.25) is 9.59 Å². The average Bonchev–Trinajstić information content (AvgIpc) is 3.55. The number of ether oxygens (including phenoxy) is 1. The summed E-state index contributed by atoms with van der Waals surface area (Å²) in [6.07, 6.45) is 3.19. The van der Waals surface area contributed by atoms with Crippen molar-refractivity contribution >= 4 is 39.1 Å². The molecule has 0 radical (unpaired) electrons. The molecule has 0 atom stereocenters. The molecule has 1 saturated heterocycles. The molecule has 2 fully saturated rings. The van der Waals surface area contributed by atoms with Crippen LogP contribution in [-0.2, 0) is 19.7 Å². The quantitative estimate of drug-likeness (QED) is 0.716. The van der Waals surface area contributed by atoms with Gasteiger partial charge in [-0.1, -0.05) is 34.1 Å². The smallest absolute Gasteiger partial charge is 0.235 e. The highest BCUT2D eigenvalue weighted by molar-refractivity contribution is 9.10. The Bertz CT molecular complexity index is 872. The highest BCUT2D eigenvalue weighted by Crippen LogP contribution is 2.37. The fraction of sp³-hybridized carbons (Fsp3) is 0.364. The second kappa shape index (κ2) is 8.05. The number of rotatable bonds is 5. The van der Waals surface area contributed by atoms with Crippen molar-refractivity contribution in [1.82, 2.24) is 0 Å². The van der Waals surface area contributed by atoms with Crippen molar-refractivity contribution in [2.45, 2.75) is 31.1 Å². The molecule has 2 N–H and O–H groups in total. The van der Waals surface area contributed by atoms with E-state index < -0.39 is 5.41 Å². The Morgan fingerprint density at radius 3 is 2.25 bits per heavy atom. The van der Waals surface area contributed by atoms with Crippen LogP contribution in [0.1, 0.15) is 31.2 Å². The Morgan fingerprint density at radius 1 is 0.964 bits per heavy atom. The van der Waals surface area contributed by atoms with Crippen LogP contribution in [0, 0.1) is 5.92 Å². The lowest BCUT2D eigenvalue weighted by Gasteiger charge is -2.36. The third-order valence-corrected chi connectivity index (χ3v) is 6.04. The van der Waals surface area contributed by atoms with E-state index in [9.17, 15) is 9.59 Å². The topological polar surface area (TPSA) is 67.4 Å². The first-order valence-electron chi connectivity index (χ1n) is 9.63. The van der Waals surface area contributed by atoms with Gasteiger partial charge in [0.2, 0.25) is 11.8 Å². The van der Waals surface area contributed by atoms with E-state index in [1.165, 1.54) is 0 Å². The maximum absolute atomic E-state index is 13.4. The summed E-state index contributed by atoms with van der Waals surface area (Å²) in [5, 5.41) is 6.00. The summed E-state index contributed by atoms with van der Waals surface area (Å²) >= 11 is 3.46. The molecule has 0 bridgehead atoms. The fourth-order valence-corrected chi connectivity index (χ4v) is 3.92. The van der Waals surface area contributed by atoms with Crippen molar-refractivity contribution < 1.29 is 14.3 Å². The van der Waals surface area contributed by atoms with E-state index in [0.29, 0.717) is 37.4 Å². The monoisotopic (exact) mass is 442 g/mol. The third kappa shape index (κ3) is 4.13. The summed E-state index contributed by atoms with van der Waals surface area (Å²) in [5.74, 6) is 0.157. The van der Waals surface area contributed by atoms with Gasteiger partial charge in [-0.2, -0.15) is 0 Å². The average molecular weight is 443 g/mol. The van der Waals surface area contributed by atoms with Crippen LogP contribution in [0.5, 0.6) is 0 Å². The number of hydrogen-bond acceptors (Lipinski definition) is 3. The predicted molar refractivity (Wildman–Crippen MR) is 112 cm³/mol. The Hall–Kier alpha value is -2.18. The van der Waals surface area contributed by atoms with Crippen molar-refractivity contribution in [3.8, 4) is 0 Å². The Labute approximate surface area is 173 Å². The standard InChI is InChI=1S/C22H23BrN2O3/c23-17-8-6-16(7-9-17)22(10-12-28-13-11-22)21(27)25-19-3-1-2-18(14-19)24-20(26)15-4-5-15/h1-3,6-9,14-15H,4-5,10-13H2,(H,24,26)(H,25,27). The number of anilines is 2. The molecule has 2 aromatic rings. The van der Waals surface area contributed by atoms with E-state index in [2.05, 4.69) is 26.6 Å². The summed E-state index contributed by atoms with van der Waals surface area (Å²) in [6, 6.07) is 15.3. The van der Waals surface area contributed by atoms with E-state index in [4.69, 9.17) is 4.74 Å². The second-order valence-electron chi connectivity index (χ2n) is 7.50. The molecule has 146 valence electrons. The molecule has 6 heteroatoms. The van der Waals surface area contributed by atoms with Gasteiger partial charge in [0.05, 0.1) is 5.41 Å². The van der Waals surface area contributed by atoms with Crippen LogP contribution in [0.3, 0.4) is 0 Å². The van der Waals surface area contributed by atoms with Gasteiger partial charge in [0, 0.05) is 35.0 Å². The highest BCUT2D eigenvalue weighted by atomic mass is 79.9. The lowest BCUT2D eigenvalue weighted by Crippen LogP contribution is -2.44. The second-order valence-corrected chi connectivity index (χ2v) is 8.42. The van der Waals surface area contributed by atoms with E-state index >= 15 is 0 Å². The molecule has 0 aromatic heterocycles. The molecule has 2 aliphatic rings. The lowest BCUT2D eigenvalue weighted by atomic mass is 9.73. The number of hydrogen-bond donors (Lipinski definition) is 2. The number of halogens is 1. The van der Waals surface area contributed by atoms with Crippen molar-refractivity contribution in [3.63, 3.8) is 0 Å². The number of carbonyl (C=O) groups excluding carboxylic acids is 2. The molecular formula is C22H23BrN2O3. The van der Waals surface area contributed by atoms with Crippen LogP contribution >= 0.6 is 15.9 Å². The van der Waals surface area contributed by atoms with Gasteiger partial charge in [0.1, 0.15) is 0 Å². The molecule has 0 unspecified atom stereocenters. The summed E-state index contributed by atoms with van der Waals surface area (Å²) in [6.45, 7) is 1.11. The van der Waals surface area contributed by atoms with Crippen LogP contribution in [-0.4, -0.2) is 25.0 Å². The zero-order valence-electron chi connectivity index (χ0n) is 15.5. The van der Waals surface area contributed by atoms with Gasteiger partial charge in [0.25, 0.3) is 0 Å². The van der Waals surface area contributed by atoms with Crippen LogP contribution in [0.25, 0.3) is 0 Å². The lowest BCUT2D eigenvalue weighted by molar-refractivity contribution is -0.125. The SMILES string of the molecule is O=C(Nc1cccc(NC(=O)C2(c3ccc(Br)cc3)CCOCC2)c1)C1CC1. The van der Waals surface area contributed by atoms with E-state index in [-0.39, 0.29) is 17.7 Å². The van der Waals surface area contributed by atoms with Gasteiger partial charge < -0.3 is 15.4 Å². The molecule has 5 nitrogen and oxygen atoms in total.